The molecule has 5 heteroatoms. The van der Waals surface area contributed by atoms with Crippen LogP contribution in [0.15, 0.2) is 40.2 Å². The zero-order valence-electron chi connectivity index (χ0n) is 12.3. The first-order chi connectivity index (χ1) is 10.1. The average molecular weight is 388 g/mol. The van der Waals surface area contributed by atoms with Crippen LogP contribution in [0.3, 0.4) is 0 Å². The van der Waals surface area contributed by atoms with E-state index in [-0.39, 0.29) is 0 Å². The standard InChI is InChI=1S/C16H20BrClN2S/c1-12(13-4-3-5-15(18)8-13)20(2)7-6-19-10-16-9-14(17)11-21-16/h3-5,8-9,11-12,19H,6-7,10H2,1-2H3. The second-order valence-electron chi connectivity index (χ2n) is 5.12. The van der Waals surface area contributed by atoms with Crippen molar-refractivity contribution in [3.8, 4) is 0 Å². The van der Waals surface area contributed by atoms with Gasteiger partial charge in [-0.05, 0) is 53.7 Å². The third kappa shape index (κ3) is 5.38. The van der Waals surface area contributed by atoms with Crippen LogP contribution in [-0.4, -0.2) is 25.0 Å². The van der Waals surface area contributed by atoms with Crippen LogP contribution < -0.4 is 5.32 Å². The SMILES string of the molecule is CC(c1cccc(Cl)c1)N(C)CCNCc1cc(Br)cs1. The van der Waals surface area contributed by atoms with Crippen molar-refractivity contribution in [2.45, 2.75) is 19.5 Å². The van der Waals surface area contributed by atoms with E-state index in [4.69, 9.17) is 11.6 Å². The molecule has 1 heterocycles. The number of benzene rings is 1. The van der Waals surface area contributed by atoms with Crippen LogP contribution in [0.5, 0.6) is 0 Å². The fourth-order valence-electron chi connectivity index (χ4n) is 2.13. The summed E-state index contributed by atoms with van der Waals surface area (Å²) in [6, 6.07) is 10.6. The fraction of sp³-hybridized carbons (Fsp3) is 0.375. The molecule has 0 aliphatic heterocycles. The van der Waals surface area contributed by atoms with Crippen molar-refractivity contribution >= 4 is 38.9 Å². The summed E-state index contributed by atoms with van der Waals surface area (Å²) in [6.07, 6.45) is 0. The van der Waals surface area contributed by atoms with E-state index >= 15 is 0 Å². The van der Waals surface area contributed by atoms with Crippen LogP contribution in [-0.2, 0) is 6.54 Å². The first kappa shape index (κ1) is 17.0. The summed E-state index contributed by atoms with van der Waals surface area (Å²) in [5.41, 5.74) is 1.26. The number of halogens is 2. The summed E-state index contributed by atoms with van der Waals surface area (Å²) < 4.78 is 1.16. The Morgan fingerprint density at radius 1 is 1.38 bits per heavy atom. The second-order valence-corrected chi connectivity index (χ2v) is 7.47. The van der Waals surface area contributed by atoms with Crippen molar-refractivity contribution in [3.05, 3.63) is 55.6 Å². The van der Waals surface area contributed by atoms with Gasteiger partial charge in [-0.25, -0.2) is 0 Å². The minimum absolute atomic E-state index is 0.362. The third-order valence-corrected chi connectivity index (χ3v) is 5.49. The highest BCUT2D eigenvalue weighted by Crippen LogP contribution is 2.21. The van der Waals surface area contributed by atoms with Gasteiger partial charge in [0.2, 0.25) is 0 Å². The molecule has 1 N–H and O–H groups in total. The monoisotopic (exact) mass is 386 g/mol. The van der Waals surface area contributed by atoms with Crippen molar-refractivity contribution in [2.75, 3.05) is 20.1 Å². The smallest absolute Gasteiger partial charge is 0.0409 e. The molecular weight excluding hydrogens is 368 g/mol. The Kier molecular flexibility index (Phi) is 6.71. The van der Waals surface area contributed by atoms with Crippen molar-refractivity contribution in [3.63, 3.8) is 0 Å². The zero-order valence-corrected chi connectivity index (χ0v) is 15.4. The highest BCUT2D eigenvalue weighted by molar-refractivity contribution is 9.10. The molecule has 21 heavy (non-hydrogen) atoms. The summed E-state index contributed by atoms with van der Waals surface area (Å²) in [5, 5.41) is 6.40. The number of nitrogens with zero attached hydrogens (tertiary/aromatic N) is 1. The molecule has 0 bridgehead atoms. The van der Waals surface area contributed by atoms with E-state index < -0.39 is 0 Å². The van der Waals surface area contributed by atoms with Crippen molar-refractivity contribution < 1.29 is 0 Å². The lowest BCUT2D eigenvalue weighted by atomic mass is 10.1. The normalized spacial score (nSPS) is 12.8. The van der Waals surface area contributed by atoms with E-state index in [9.17, 15) is 0 Å². The van der Waals surface area contributed by atoms with E-state index in [1.54, 1.807) is 11.3 Å². The fourth-order valence-corrected chi connectivity index (χ4v) is 3.75. The average Bonchev–Trinajstić information content (AvgIpc) is 2.88. The van der Waals surface area contributed by atoms with E-state index in [0.29, 0.717) is 6.04 Å². The van der Waals surface area contributed by atoms with Crippen LogP contribution in [0, 0.1) is 0 Å². The Morgan fingerprint density at radius 3 is 2.86 bits per heavy atom. The molecule has 0 radical (unpaired) electrons. The molecule has 1 aromatic carbocycles. The molecule has 2 nitrogen and oxygen atoms in total. The van der Waals surface area contributed by atoms with Crippen LogP contribution >= 0.6 is 38.9 Å². The van der Waals surface area contributed by atoms with Gasteiger partial charge in [0.15, 0.2) is 0 Å². The molecule has 1 aromatic heterocycles. The largest absolute Gasteiger partial charge is 0.311 e. The number of rotatable bonds is 7. The first-order valence-electron chi connectivity index (χ1n) is 6.95. The Hall–Kier alpha value is -0.390. The minimum Gasteiger partial charge on any atom is -0.311 e. The van der Waals surface area contributed by atoms with Crippen molar-refractivity contribution in [2.24, 2.45) is 0 Å². The second kappa shape index (κ2) is 8.30. The predicted octanol–water partition coefficient (Wildman–Crippen LogP) is 4.95. The van der Waals surface area contributed by atoms with Gasteiger partial charge in [-0.3, -0.25) is 4.90 Å². The molecule has 114 valence electrons. The van der Waals surface area contributed by atoms with E-state index in [1.807, 2.05) is 18.2 Å². The zero-order chi connectivity index (χ0) is 15.2. The van der Waals surface area contributed by atoms with Gasteiger partial charge >= 0.3 is 0 Å². The molecule has 0 aliphatic carbocycles. The number of likely N-dealkylation sites (N-methyl/N-ethyl adjacent to an activating group) is 1. The molecule has 1 unspecified atom stereocenters. The van der Waals surface area contributed by atoms with Crippen molar-refractivity contribution in [1.29, 1.82) is 0 Å². The summed E-state index contributed by atoms with van der Waals surface area (Å²) >= 11 is 11.3. The van der Waals surface area contributed by atoms with Gasteiger partial charge < -0.3 is 5.32 Å². The lowest BCUT2D eigenvalue weighted by Crippen LogP contribution is -2.30. The van der Waals surface area contributed by atoms with Gasteiger partial charge in [0.05, 0.1) is 0 Å². The molecule has 0 amide bonds. The Balaban J connectivity index is 1.75. The molecule has 0 aliphatic rings. The van der Waals surface area contributed by atoms with E-state index in [0.717, 1.165) is 29.1 Å². The molecule has 0 fully saturated rings. The van der Waals surface area contributed by atoms with Crippen LogP contribution in [0.1, 0.15) is 23.4 Å². The van der Waals surface area contributed by atoms with Crippen LogP contribution in [0.2, 0.25) is 5.02 Å². The maximum Gasteiger partial charge on any atom is 0.0409 e. The van der Waals surface area contributed by atoms with Gasteiger partial charge in [-0.15, -0.1) is 11.3 Å². The molecule has 0 saturated heterocycles. The number of hydrogen-bond acceptors (Lipinski definition) is 3. The van der Waals surface area contributed by atoms with Crippen molar-refractivity contribution in [1.82, 2.24) is 10.2 Å². The number of nitrogens with one attached hydrogen (secondary N) is 1. The number of hydrogen-bond donors (Lipinski definition) is 1. The van der Waals surface area contributed by atoms with Crippen LogP contribution in [0.25, 0.3) is 0 Å². The molecule has 0 spiro atoms. The molecule has 2 rings (SSSR count). The predicted molar refractivity (Wildman–Crippen MR) is 96.2 cm³/mol. The van der Waals surface area contributed by atoms with Gasteiger partial charge in [0.25, 0.3) is 0 Å². The molecule has 2 aromatic rings. The highest BCUT2D eigenvalue weighted by atomic mass is 79.9. The Bertz CT molecular complexity index is 573. The van der Waals surface area contributed by atoms with Gasteiger partial charge in [-0.2, -0.15) is 0 Å². The Labute approximate surface area is 144 Å². The van der Waals surface area contributed by atoms with Gasteiger partial charge in [-0.1, -0.05) is 23.7 Å². The van der Waals surface area contributed by atoms with Gasteiger partial charge in [0.1, 0.15) is 0 Å². The summed E-state index contributed by atoms with van der Waals surface area (Å²) in [5.74, 6) is 0. The van der Waals surface area contributed by atoms with Gasteiger partial charge in [0, 0.05) is 45.4 Å². The lowest BCUT2D eigenvalue weighted by molar-refractivity contribution is 0.261. The quantitative estimate of drug-likeness (QED) is 0.676. The third-order valence-electron chi connectivity index (χ3n) is 3.55. The molecule has 0 saturated carbocycles. The molecular formula is C16H20BrClN2S. The lowest BCUT2D eigenvalue weighted by Gasteiger charge is -2.25. The Morgan fingerprint density at radius 2 is 2.19 bits per heavy atom. The first-order valence-corrected chi connectivity index (χ1v) is 9.00. The van der Waals surface area contributed by atoms with E-state index in [1.165, 1.54) is 10.4 Å². The van der Waals surface area contributed by atoms with E-state index in [2.05, 4.69) is 57.6 Å². The maximum atomic E-state index is 6.06. The highest BCUT2D eigenvalue weighted by Gasteiger charge is 2.11. The summed E-state index contributed by atoms with van der Waals surface area (Å²) in [4.78, 5) is 3.69. The summed E-state index contributed by atoms with van der Waals surface area (Å²) in [6.45, 7) is 5.11. The summed E-state index contributed by atoms with van der Waals surface area (Å²) in [7, 11) is 2.15. The number of thiophene rings is 1. The minimum atomic E-state index is 0.362. The topological polar surface area (TPSA) is 15.3 Å². The maximum absolute atomic E-state index is 6.06. The van der Waals surface area contributed by atoms with Crippen LogP contribution in [0.4, 0.5) is 0 Å². The molecule has 1 atom stereocenters.